The van der Waals surface area contributed by atoms with Gasteiger partial charge < -0.3 is 4.74 Å². The minimum atomic E-state index is 0.139. The Morgan fingerprint density at radius 3 is 2.36 bits per heavy atom. The highest BCUT2D eigenvalue weighted by Crippen LogP contribution is 2.13. The molecule has 0 rings (SSSR count). The average Bonchev–Trinajstić information content (AvgIpc) is 2.02. The van der Waals surface area contributed by atoms with Crippen LogP contribution in [0.3, 0.4) is 0 Å². The Labute approximate surface area is 68.9 Å². The number of rotatable bonds is 5. The molecular weight excluding hydrogens is 140 g/mol. The molecule has 0 N–H and O–H groups in total. The highest BCUT2D eigenvalue weighted by atomic mass is 16.5. The smallest absolute Gasteiger partial charge is 0.135 e. The van der Waals surface area contributed by atoms with Crippen LogP contribution in [0.25, 0.3) is 0 Å². The van der Waals surface area contributed by atoms with E-state index in [2.05, 4.69) is 0 Å². The van der Waals surface area contributed by atoms with Crippen molar-refractivity contribution in [3.05, 3.63) is 0 Å². The molecule has 0 aromatic carbocycles. The fourth-order valence-corrected chi connectivity index (χ4v) is 1.05. The van der Waals surface area contributed by atoms with Gasteiger partial charge in [-0.3, -0.25) is 4.79 Å². The molecule has 0 saturated carbocycles. The Hall–Kier alpha value is -0.370. The summed E-state index contributed by atoms with van der Waals surface area (Å²) < 4.78 is 4.97. The molecule has 0 bridgehead atoms. The van der Waals surface area contributed by atoms with Crippen molar-refractivity contribution in [2.45, 2.75) is 27.2 Å². The van der Waals surface area contributed by atoms with E-state index in [0.717, 1.165) is 0 Å². The van der Waals surface area contributed by atoms with Crippen LogP contribution in [0.2, 0.25) is 0 Å². The number of carbonyl (C=O) groups is 1. The second-order valence-corrected chi connectivity index (χ2v) is 3.04. The third-order valence-electron chi connectivity index (χ3n) is 2.14. The van der Waals surface area contributed by atoms with Crippen molar-refractivity contribution in [3.8, 4) is 0 Å². The largest absolute Gasteiger partial charge is 0.384 e. The van der Waals surface area contributed by atoms with E-state index in [0.29, 0.717) is 24.7 Å². The molecule has 66 valence electrons. The van der Waals surface area contributed by atoms with E-state index in [1.165, 1.54) is 0 Å². The molecule has 0 aromatic rings. The molecule has 0 aliphatic carbocycles. The van der Waals surface area contributed by atoms with E-state index in [1.54, 1.807) is 7.11 Å². The first kappa shape index (κ1) is 10.6. The predicted molar refractivity (Wildman–Crippen MR) is 45.5 cm³/mol. The number of ketones is 1. The lowest BCUT2D eigenvalue weighted by Gasteiger charge is -2.16. The molecule has 0 heterocycles. The van der Waals surface area contributed by atoms with Gasteiger partial charge in [0.25, 0.3) is 0 Å². The predicted octanol–water partition coefficient (Wildman–Crippen LogP) is 1.88. The van der Waals surface area contributed by atoms with E-state index in [1.807, 2.05) is 20.8 Å². The van der Waals surface area contributed by atoms with Crippen LogP contribution in [0.4, 0.5) is 0 Å². The summed E-state index contributed by atoms with van der Waals surface area (Å²) in [6.45, 7) is 6.59. The van der Waals surface area contributed by atoms with Crippen molar-refractivity contribution < 1.29 is 9.53 Å². The van der Waals surface area contributed by atoms with E-state index in [4.69, 9.17) is 4.74 Å². The summed E-state index contributed by atoms with van der Waals surface area (Å²) >= 11 is 0. The second kappa shape index (κ2) is 5.30. The second-order valence-electron chi connectivity index (χ2n) is 3.04. The van der Waals surface area contributed by atoms with Gasteiger partial charge in [0, 0.05) is 26.1 Å². The number of hydrogen-bond donors (Lipinski definition) is 0. The summed E-state index contributed by atoms with van der Waals surface area (Å²) in [5, 5.41) is 0. The summed E-state index contributed by atoms with van der Waals surface area (Å²) in [4.78, 5) is 11.2. The fourth-order valence-electron chi connectivity index (χ4n) is 1.05. The Balaban J connectivity index is 3.80. The molecule has 0 aliphatic heterocycles. The van der Waals surface area contributed by atoms with E-state index < -0.39 is 0 Å². The van der Waals surface area contributed by atoms with Crippen LogP contribution < -0.4 is 0 Å². The molecule has 0 saturated heterocycles. The number of hydrogen-bond acceptors (Lipinski definition) is 2. The Bertz CT molecular complexity index is 121. The molecule has 0 amide bonds. The van der Waals surface area contributed by atoms with Crippen LogP contribution in [0, 0.1) is 11.8 Å². The van der Waals surface area contributed by atoms with Gasteiger partial charge in [-0.2, -0.15) is 0 Å². The maximum absolute atomic E-state index is 11.2. The molecule has 11 heavy (non-hydrogen) atoms. The summed E-state index contributed by atoms with van der Waals surface area (Å²) in [6, 6.07) is 0. The van der Waals surface area contributed by atoms with Crippen LogP contribution in [-0.4, -0.2) is 19.5 Å². The van der Waals surface area contributed by atoms with Crippen LogP contribution in [0.5, 0.6) is 0 Å². The number of methoxy groups -OCH3 is 1. The minimum absolute atomic E-state index is 0.139. The minimum Gasteiger partial charge on any atom is -0.384 e. The van der Waals surface area contributed by atoms with Crippen molar-refractivity contribution in [1.82, 2.24) is 0 Å². The normalized spacial score (nSPS) is 16.0. The molecule has 2 unspecified atom stereocenters. The molecule has 0 radical (unpaired) electrons. The zero-order chi connectivity index (χ0) is 8.85. The van der Waals surface area contributed by atoms with E-state index in [-0.39, 0.29) is 5.92 Å². The highest BCUT2D eigenvalue weighted by Gasteiger charge is 2.17. The van der Waals surface area contributed by atoms with Crippen molar-refractivity contribution >= 4 is 5.78 Å². The Kier molecular flexibility index (Phi) is 5.12. The lowest BCUT2D eigenvalue weighted by atomic mass is 9.91. The van der Waals surface area contributed by atoms with E-state index >= 15 is 0 Å². The summed E-state index contributed by atoms with van der Waals surface area (Å²) in [7, 11) is 1.67. The molecule has 2 nitrogen and oxygen atoms in total. The summed E-state index contributed by atoms with van der Waals surface area (Å²) in [5.74, 6) is 0.807. The van der Waals surface area contributed by atoms with Crippen LogP contribution >= 0.6 is 0 Å². The van der Waals surface area contributed by atoms with Crippen molar-refractivity contribution in [2.75, 3.05) is 13.7 Å². The van der Waals surface area contributed by atoms with Crippen LogP contribution in [0.15, 0.2) is 0 Å². The monoisotopic (exact) mass is 158 g/mol. The zero-order valence-electron chi connectivity index (χ0n) is 7.89. The first-order chi connectivity index (χ1) is 5.13. The van der Waals surface area contributed by atoms with Gasteiger partial charge in [-0.1, -0.05) is 20.8 Å². The van der Waals surface area contributed by atoms with Crippen molar-refractivity contribution in [3.63, 3.8) is 0 Å². The van der Waals surface area contributed by atoms with E-state index in [9.17, 15) is 4.79 Å². The van der Waals surface area contributed by atoms with Gasteiger partial charge in [0.2, 0.25) is 0 Å². The molecular formula is C9H18O2. The number of ether oxygens (including phenoxy) is 1. The van der Waals surface area contributed by atoms with Gasteiger partial charge in [0.1, 0.15) is 5.78 Å². The number of Topliss-reactive ketones (excluding diaryl/α,β-unsaturated/α-hetero) is 1. The molecule has 0 aliphatic rings. The molecule has 0 fully saturated rings. The topological polar surface area (TPSA) is 26.3 Å². The van der Waals surface area contributed by atoms with Crippen molar-refractivity contribution in [1.29, 1.82) is 0 Å². The van der Waals surface area contributed by atoms with Gasteiger partial charge in [0.05, 0.1) is 0 Å². The van der Waals surface area contributed by atoms with Gasteiger partial charge >= 0.3 is 0 Å². The lowest BCUT2D eigenvalue weighted by Crippen LogP contribution is -2.21. The summed E-state index contributed by atoms with van der Waals surface area (Å²) in [5.41, 5.74) is 0. The molecule has 2 atom stereocenters. The highest BCUT2D eigenvalue weighted by molar-refractivity contribution is 5.80. The standard InChI is InChI=1S/C9H18O2/c1-5-9(10)8(3)7(2)6-11-4/h7-8H,5-6H2,1-4H3. The zero-order valence-corrected chi connectivity index (χ0v) is 7.89. The van der Waals surface area contributed by atoms with Gasteiger partial charge in [-0.05, 0) is 5.92 Å². The molecule has 0 aromatic heterocycles. The third-order valence-corrected chi connectivity index (χ3v) is 2.14. The molecule has 2 heteroatoms. The SMILES string of the molecule is CCC(=O)C(C)C(C)COC. The molecule has 0 spiro atoms. The Morgan fingerprint density at radius 1 is 1.45 bits per heavy atom. The maximum Gasteiger partial charge on any atom is 0.135 e. The van der Waals surface area contributed by atoms with Gasteiger partial charge in [-0.15, -0.1) is 0 Å². The maximum atomic E-state index is 11.2. The number of carbonyl (C=O) groups excluding carboxylic acids is 1. The third kappa shape index (κ3) is 3.51. The van der Waals surface area contributed by atoms with Gasteiger partial charge in [0.15, 0.2) is 0 Å². The quantitative estimate of drug-likeness (QED) is 0.610. The Morgan fingerprint density at radius 2 is 2.00 bits per heavy atom. The van der Waals surface area contributed by atoms with Gasteiger partial charge in [-0.25, -0.2) is 0 Å². The fraction of sp³-hybridized carbons (Fsp3) is 0.889. The first-order valence-corrected chi connectivity index (χ1v) is 4.15. The first-order valence-electron chi connectivity index (χ1n) is 4.15. The lowest BCUT2D eigenvalue weighted by molar-refractivity contribution is -0.124. The van der Waals surface area contributed by atoms with Crippen molar-refractivity contribution in [2.24, 2.45) is 11.8 Å². The summed E-state index contributed by atoms with van der Waals surface area (Å²) in [6.07, 6.45) is 0.634. The average molecular weight is 158 g/mol. The van der Waals surface area contributed by atoms with Crippen LogP contribution in [0.1, 0.15) is 27.2 Å². The van der Waals surface area contributed by atoms with Crippen LogP contribution in [-0.2, 0) is 9.53 Å².